The van der Waals surface area contributed by atoms with Gasteiger partial charge in [-0.3, -0.25) is 10.1 Å². The fraction of sp³-hybridized carbons (Fsp3) is 0.333. The zero-order chi connectivity index (χ0) is 22.6. The van der Waals surface area contributed by atoms with Crippen LogP contribution in [0.25, 0.3) is 0 Å². The summed E-state index contributed by atoms with van der Waals surface area (Å²) in [6, 6.07) is 11.5. The number of hydrogen-bond acceptors (Lipinski definition) is 4. The Morgan fingerprint density at radius 2 is 1.74 bits per heavy atom. The van der Waals surface area contributed by atoms with Crippen molar-refractivity contribution in [3.63, 3.8) is 0 Å². The van der Waals surface area contributed by atoms with Crippen LogP contribution in [0.4, 0.5) is 13.2 Å². The molecule has 0 bridgehead atoms. The van der Waals surface area contributed by atoms with Crippen molar-refractivity contribution >= 4 is 23.5 Å². The summed E-state index contributed by atoms with van der Waals surface area (Å²) in [5, 5.41) is 6.35. The Labute approximate surface area is 183 Å². The summed E-state index contributed by atoms with van der Waals surface area (Å²) >= 11 is 5.93. The number of rotatable bonds is 4. The van der Waals surface area contributed by atoms with Gasteiger partial charge in [0.2, 0.25) is 0 Å². The molecule has 2 aromatic rings. The second-order valence-electron chi connectivity index (χ2n) is 7.45. The predicted molar refractivity (Wildman–Crippen MR) is 113 cm³/mol. The minimum absolute atomic E-state index is 0.0110. The van der Waals surface area contributed by atoms with Gasteiger partial charge >= 0.3 is 6.18 Å². The van der Waals surface area contributed by atoms with Gasteiger partial charge in [-0.1, -0.05) is 23.7 Å². The molecule has 1 aliphatic rings. The summed E-state index contributed by atoms with van der Waals surface area (Å²) in [7, 11) is 0. The van der Waals surface area contributed by atoms with Gasteiger partial charge in [0.1, 0.15) is 6.17 Å². The molecule has 0 spiro atoms. The molecule has 4 N–H and O–H groups in total. The molecular formula is C21H23ClF3N5O. The first-order valence-corrected chi connectivity index (χ1v) is 10.1. The highest BCUT2D eigenvalue weighted by atomic mass is 35.5. The molecule has 0 aromatic heterocycles. The highest BCUT2D eigenvalue weighted by Crippen LogP contribution is 2.29. The van der Waals surface area contributed by atoms with Crippen LogP contribution in [0.3, 0.4) is 0 Å². The molecule has 0 saturated carbocycles. The molecular weight excluding hydrogens is 431 g/mol. The standard InChI is InChI=1S/C21H23ClF3N5O/c1-12(2)26-20(28-19(31)14-3-7-15(8-4-14)21(23,24)25)27-18-11-17(29-30-18)13-5-9-16(22)10-6-13/h3-10,12,17-18,29-30H,11H2,1-2H3,(H2,26,27,28,31). The van der Waals surface area contributed by atoms with Crippen LogP contribution in [0.1, 0.15) is 47.8 Å². The first-order chi connectivity index (χ1) is 14.6. The highest BCUT2D eigenvalue weighted by Gasteiger charge is 2.30. The van der Waals surface area contributed by atoms with E-state index in [0.717, 1.165) is 29.8 Å². The molecule has 1 amide bonds. The lowest BCUT2D eigenvalue weighted by Gasteiger charge is -2.16. The number of carbonyl (C=O) groups is 1. The van der Waals surface area contributed by atoms with Crippen molar-refractivity contribution in [1.82, 2.24) is 21.5 Å². The number of amides is 1. The fourth-order valence-electron chi connectivity index (χ4n) is 3.06. The van der Waals surface area contributed by atoms with Gasteiger partial charge in [-0.25, -0.2) is 15.8 Å². The van der Waals surface area contributed by atoms with Crippen molar-refractivity contribution in [3.05, 3.63) is 70.2 Å². The number of nitrogens with zero attached hydrogens (tertiary/aromatic N) is 1. The van der Waals surface area contributed by atoms with E-state index in [1.54, 1.807) is 0 Å². The highest BCUT2D eigenvalue weighted by molar-refractivity contribution is 6.30. The van der Waals surface area contributed by atoms with Crippen LogP contribution in [-0.4, -0.2) is 24.1 Å². The minimum Gasteiger partial charge on any atom is -0.354 e. The van der Waals surface area contributed by atoms with Gasteiger partial charge in [-0.15, -0.1) is 0 Å². The average molecular weight is 454 g/mol. The molecule has 31 heavy (non-hydrogen) atoms. The number of guanidine groups is 1. The molecule has 1 fully saturated rings. The summed E-state index contributed by atoms with van der Waals surface area (Å²) in [6.07, 6.45) is -4.15. The van der Waals surface area contributed by atoms with E-state index in [0.29, 0.717) is 11.4 Å². The molecule has 2 aromatic carbocycles. The van der Waals surface area contributed by atoms with Crippen LogP contribution in [0.15, 0.2) is 53.5 Å². The van der Waals surface area contributed by atoms with Gasteiger partial charge in [0, 0.05) is 29.1 Å². The molecule has 0 aliphatic carbocycles. The SMILES string of the molecule is CC(C)NC(=NC1CC(c2ccc(Cl)cc2)NN1)NC(=O)c1ccc(C(F)(F)F)cc1. The van der Waals surface area contributed by atoms with E-state index in [9.17, 15) is 18.0 Å². The van der Waals surface area contributed by atoms with Gasteiger partial charge in [0.25, 0.3) is 5.91 Å². The average Bonchev–Trinajstić information content (AvgIpc) is 3.16. The molecule has 2 unspecified atom stereocenters. The van der Waals surface area contributed by atoms with Crippen molar-refractivity contribution < 1.29 is 18.0 Å². The Morgan fingerprint density at radius 3 is 2.32 bits per heavy atom. The van der Waals surface area contributed by atoms with Crippen LogP contribution in [0.5, 0.6) is 0 Å². The van der Waals surface area contributed by atoms with Crippen LogP contribution in [-0.2, 0) is 6.18 Å². The normalized spacial score (nSPS) is 19.5. The molecule has 3 rings (SSSR count). The first-order valence-electron chi connectivity index (χ1n) is 9.71. The quantitative estimate of drug-likeness (QED) is 0.417. The van der Waals surface area contributed by atoms with Crippen LogP contribution in [0.2, 0.25) is 5.02 Å². The second-order valence-corrected chi connectivity index (χ2v) is 7.89. The van der Waals surface area contributed by atoms with Gasteiger partial charge in [-0.05, 0) is 55.8 Å². The maximum absolute atomic E-state index is 12.7. The van der Waals surface area contributed by atoms with E-state index in [-0.39, 0.29) is 29.8 Å². The summed E-state index contributed by atoms with van der Waals surface area (Å²) < 4.78 is 38.2. The zero-order valence-electron chi connectivity index (χ0n) is 16.9. The topological polar surface area (TPSA) is 77.6 Å². The number of carbonyl (C=O) groups excluding carboxylic acids is 1. The van der Waals surface area contributed by atoms with E-state index in [2.05, 4.69) is 26.5 Å². The van der Waals surface area contributed by atoms with Crippen molar-refractivity contribution in [2.45, 2.75) is 44.7 Å². The number of nitrogens with one attached hydrogen (secondary N) is 4. The maximum atomic E-state index is 12.7. The zero-order valence-corrected chi connectivity index (χ0v) is 17.7. The Kier molecular flexibility index (Phi) is 7.19. The number of alkyl halides is 3. The van der Waals surface area contributed by atoms with Crippen molar-refractivity contribution in [2.75, 3.05) is 0 Å². The van der Waals surface area contributed by atoms with E-state index in [4.69, 9.17) is 11.6 Å². The molecule has 6 nitrogen and oxygen atoms in total. The lowest BCUT2D eigenvalue weighted by Crippen LogP contribution is -2.45. The van der Waals surface area contributed by atoms with Crippen LogP contribution >= 0.6 is 11.6 Å². The Morgan fingerprint density at radius 1 is 1.10 bits per heavy atom. The summed E-state index contributed by atoms with van der Waals surface area (Å²) in [5.74, 6) is -0.322. The number of hydrazine groups is 1. The number of aliphatic imine (C=N–C) groups is 1. The maximum Gasteiger partial charge on any atom is 0.416 e. The fourth-order valence-corrected chi connectivity index (χ4v) is 3.19. The second kappa shape index (κ2) is 9.67. The van der Waals surface area contributed by atoms with E-state index in [1.807, 2.05) is 38.1 Å². The van der Waals surface area contributed by atoms with Crippen molar-refractivity contribution in [3.8, 4) is 0 Å². The smallest absolute Gasteiger partial charge is 0.354 e. The van der Waals surface area contributed by atoms with Gasteiger partial charge in [0.15, 0.2) is 5.96 Å². The Bertz CT molecular complexity index is 930. The van der Waals surface area contributed by atoms with E-state index < -0.39 is 17.6 Å². The molecule has 1 heterocycles. The lowest BCUT2D eigenvalue weighted by molar-refractivity contribution is -0.137. The molecule has 1 aliphatic heterocycles. The predicted octanol–water partition coefficient (Wildman–Crippen LogP) is 4.01. The monoisotopic (exact) mass is 453 g/mol. The van der Waals surface area contributed by atoms with Crippen molar-refractivity contribution in [1.29, 1.82) is 0 Å². The van der Waals surface area contributed by atoms with Crippen molar-refractivity contribution in [2.24, 2.45) is 4.99 Å². The van der Waals surface area contributed by atoms with Gasteiger partial charge in [-0.2, -0.15) is 13.2 Å². The largest absolute Gasteiger partial charge is 0.416 e. The number of halogens is 4. The lowest BCUT2D eigenvalue weighted by atomic mass is 10.0. The van der Waals surface area contributed by atoms with E-state index >= 15 is 0 Å². The Hall–Kier alpha value is -2.62. The summed E-state index contributed by atoms with van der Waals surface area (Å²) in [4.78, 5) is 17.1. The van der Waals surface area contributed by atoms with Gasteiger partial charge < -0.3 is 5.32 Å². The molecule has 166 valence electrons. The molecule has 2 atom stereocenters. The Balaban J connectivity index is 1.69. The van der Waals surface area contributed by atoms with E-state index in [1.165, 1.54) is 0 Å². The molecule has 10 heteroatoms. The van der Waals surface area contributed by atoms with Crippen LogP contribution < -0.4 is 21.5 Å². The summed E-state index contributed by atoms with van der Waals surface area (Å²) in [6.45, 7) is 3.77. The van der Waals surface area contributed by atoms with Crippen LogP contribution in [0, 0.1) is 0 Å². The third kappa shape index (κ3) is 6.43. The minimum atomic E-state index is -4.46. The number of hydrogen-bond donors (Lipinski definition) is 4. The first kappa shape index (κ1) is 23.1. The summed E-state index contributed by atoms with van der Waals surface area (Å²) in [5.41, 5.74) is 6.56. The third-order valence-corrected chi connectivity index (χ3v) is 4.82. The molecule has 0 radical (unpaired) electrons. The van der Waals surface area contributed by atoms with Gasteiger partial charge in [0.05, 0.1) is 5.56 Å². The number of benzene rings is 2. The third-order valence-electron chi connectivity index (χ3n) is 4.57. The molecule has 1 saturated heterocycles.